The van der Waals surface area contributed by atoms with E-state index in [9.17, 15) is 13.6 Å². The average Bonchev–Trinajstić information content (AvgIpc) is 2.26. The van der Waals surface area contributed by atoms with E-state index >= 15 is 0 Å². The number of hydrogen-bond donors (Lipinski definition) is 2. The van der Waals surface area contributed by atoms with Gasteiger partial charge in [0.2, 0.25) is 0 Å². The molecule has 5 heteroatoms. The second-order valence-corrected chi connectivity index (χ2v) is 4.60. The fraction of sp³-hybridized carbons (Fsp3) is 0.417. The second-order valence-electron chi connectivity index (χ2n) is 4.60. The van der Waals surface area contributed by atoms with Crippen molar-refractivity contribution in [3.8, 4) is 0 Å². The van der Waals surface area contributed by atoms with Crippen molar-refractivity contribution in [1.29, 1.82) is 0 Å². The van der Waals surface area contributed by atoms with Crippen molar-refractivity contribution in [2.45, 2.75) is 13.8 Å². The third-order valence-electron chi connectivity index (χ3n) is 2.35. The Morgan fingerprint density at radius 1 is 1.35 bits per heavy atom. The average molecular weight is 243 g/mol. The first-order valence-corrected chi connectivity index (χ1v) is 5.20. The first-order chi connectivity index (χ1) is 7.87. The maximum atomic E-state index is 13.3. The molecule has 0 aliphatic carbocycles. The van der Waals surface area contributed by atoms with Crippen molar-refractivity contribution in [2.24, 2.45) is 5.41 Å². The van der Waals surface area contributed by atoms with Crippen LogP contribution in [0.1, 0.15) is 24.2 Å². The topological polar surface area (TPSA) is 49.3 Å². The Labute approximate surface area is 98.5 Å². The van der Waals surface area contributed by atoms with Crippen LogP contribution in [-0.2, 0) is 0 Å². The van der Waals surface area contributed by atoms with Crippen molar-refractivity contribution in [3.05, 3.63) is 35.4 Å². The third kappa shape index (κ3) is 3.49. The van der Waals surface area contributed by atoms with Gasteiger partial charge in [-0.2, -0.15) is 0 Å². The monoisotopic (exact) mass is 243 g/mol. The number of benzene rings is 1. The number of carbonyl (C=O) groups excluding carboxylic acids is 1. The minimum absolute atomic E-state index is 0.132. The minimum atomic E-state index is -0.899. The van der Waals surface area contributed by atoms with Crippen molar-refractivity contribution >= 4 is 5.91 Å². The zero-order valence-corrected chi connectivity index (χ0v) is 9.76. The smallest absolute Gasteiger partial charge is 0.257 e. The molecular weight excluding hydrogens is 228 g/mol. The highest BCUT2D eigenvalue weighted by Crippen LogP contribution is 2.14. The SMILES string of the molecule is CC(C)(CO)CNC(=O)c1c(F)cccc1F. The molecular formula is C12H15F2NO2. The molecule has 2 N–H and O–H groups in total. The van der Waals surface area contributed by atoms with E-state index in [1.807, 2.05) is 0 Å². The van der Waals surface area contributed by atoms with Crippen LogP contribution < -0.4 is 5.32 Å². The highest BCUT2D eigenvalue weighted by atomic mass is 19.1. The lowest BCUT2D eigenvalue weighted by molar-refractivity contribution is 0.0903. The number of carbonyl (C=O) groups is 1. The quantitative estimate of drug-likeness (QED) is 0.845. The summed E-state index contributed by atoms with van der Waals surface area (Å²) in [6.45, 7) is 3.46. The highest BCUT2D eigenvalue weighted by molar-refractivity contribution is 5.94. The van der Waals surface area contributed by atoms with E-state index < -0.39 is 28.5 Å². The molecule has 1 amide bonds. The molecule has 1 aromatic carbocycles. The van der Waals surface area contributed by atoms with Gasteiger partial charge >= 0.3 is 0 Å². The van der Waals surface area contributed by atoms with E-state index in [0.717, 1.165) is 12.1 Å². The minimum Gasteiger partial charge on any atom is -0.396 e. The predicted molar refractivity (Wildman–Crippen MR) is 59.6 cm³/mol. The van der Waals surface area contributed by atoms with Gasteiger partial charge in [-0.1, -0.05) is 19.9 Å². The Kier molecular flexibility index (Phi) is 4.17. The number of nitrogens with one attached hydrogen (secondary N) is 1. The van der Waals surface area contributed by atoms with E-state index in [-0.39, 0.29) is 13.2 Å². The zero-order chi connectivity index (χ0) is 13.1. The molecule has 17 heavy (non-hydrogen) atoms. The molecule has 0 fully saturated rings. The van der Waals surface area contributed by atoms with Gasteiger partial charge in [-0.05, 0) is 12.1 Å². The summed E-state index contributed by atoms with van der Waals surface area (Å²) in [5.74, 6) is -2.62. The number of amides is 1. The molecule has 1 aromatic rings. The summed E-state index contributed by atoms with van der Waals surface area (Å²) in [7, 11) is 0. The molecule has 0 aromatic heterocycles. The maximum absolute atomic E-state index is 13.3. The Bertz CT molecular complexity index is 399. The number of aliphatic hydroxyl groups excluding tert-OH is 1. The number of aliphatic hydroxyl groups is 1. The van der Waals surface area contributed by atoms with Crippen LogP contribution in [0.15, 0.2) is 18.2 Å². The van der Waals surface area contributed by atoms with E-state index in [4.69, 9.17) is 5.11 Å². The van der Waals surface area contributed by atoms with Crippen LogP contribution >= 0.6 is 0 Å². The van der Waals surface area contributed by atoms with Gasteiger partial charge in [0.1, 0.15) is 17.2 Å². The van der Waals surface area contributed by atoms with Gasteiger partial charge in [-0.3, -0.25) is 4.79 Å². The van der Waals surface area contributed by atoms with Gasteiger partial charge in [0.25, 0.3) is 5.91 Å². The van der Waals surface area contributed by atoms with Crippen LogP contribution in [0.25, 0.3) is 0 Å². The predicted octanol–water partition coefficient (Wildman–Crippen LogP) is 1.71. The highest BCUT2D eigenvalue weighted by Gasteiger charge is 2.21. The standard InChI is InChI=1S/C12H15F2NO2/c1-12(2,7-16)6-15-11(17)10-8(13)4-3-5-9(10)14/h3-5,16H,6-7H2,1-2H3,(H,15,17). The van der Waals surface area contributed by atoms with Crippen LogP contribution in [0.4, 0.5) is 8.78 Å². The van der Waals surface area contributed by atoms with Gasteiger partial charge in [-0.25, -0.2) is 8.78 Å². The summed E-state index contributed by atoms with van der Waals surface area (Å²) in [6, 6.07) is 3.24. The van der Waals surface area contributed by atoms with Crippen molar-refractivity contribution in [3.63, 3.8) is 0 Å². The Balaban J connectivity index is 2.78. The fourth-order valence-corrected chi connectivity index (χ4v) is 1.18. The van der Waals surface area contributed by atoms with Crippen LogP contribution in [0.3, 0.4) is 0 Å². The molecule has 0 atom stereocenters. The van der Waals surface area contributed by atoms with Crippen LogP contribution in [0.5, 0.6) is 0 Å². The lowest BCUT2D eigenvalue weighted by Crippen LogP contribution is -2.36. The Hall–Kier alpha value is -1.49. The van der Waals surface area contributed by atoms with E-state index in [1.54, 1.807) is 13.8 Å². The lowest BCUT2D eigenvalue weighted by atomic mass is 9.95. The molecule has 0 saturated heterocycles. The van der Waals surface area contributed by atoms with Crippen LogP contribution in [0, 0.1) is 17.0 Å². The van der Waals surface area contributed by atoms with Crippen molar-refractivity contribution < 1.29 is 18.7 Å². The van der Waals surface area contributed by atoms with Gasteiger partial charge in [-0.15, -0.1) is 0 Å². The largest absolute Gasteiger partial charge is 0.396 e. The molecule has 1 rings (SSSR count). The Morgan fingerprint density at radius 2 is 1.88 bits per heavy atom. The lowest BCUT2D eigenvalue weighted by Gasteiger charge is -2.21. The Morgan fingerprint density at radius 3 is 2.35 bits per heavy atom. The van der Waals surface area contributed by atoms with Crippen LogP contribution in [0.2, 0.25) is 0 Å². The first-order valence-electron chi connectivity index (χ1n) is 5.20. The summed E-state index contributed by atoms with van der Waals surface area (Å²) in [4.78, 5) is 11.6. The van der Waals surface area contributed by atoms with Crippen LogP contribution in [-0.4, -0.2) is 24.2 Å². The molecule has 3 nitrogen and oxygen atoms in total. The molecule has 0 spiro atoms. The summed E-state index contributed by atoms with van der Waals surface area (Å²) in [5, 5.41) is 11.4. The molecule has 0 unspecified atom stereocenters. The molecule has 0 saturated carbocycles. The second kappa shape index (κ2) is 5.23. The first kappa shape index (κ1) is 13.6. The summed E-state index contributed by atoms with van der Waals surface area (Å²) in [6.07, 6.45) is 0. The molecule has 94 valence electrons. The van der Waals surface area contributed by atoms with Gasteiger partial charge < -0.3 is 10.4 Å². The molecule has 0 radical (unpaired) electrons. The summed E-state index contributed by atoms with van der Waals surface area (Å²) >= 11 is 0. The van der Waals surface area contributed by atoms with Crippen molar-refractivity contribution in [1.82, 2.24) is 5.32 Å². The van der Waals surface area contributed by atoms with E-state index in [0.29, 0.717) is 0 Å². The summed E-state index contributed by atoms with van der Waals surface area (Å²) in [5.41, 5.74) is -1.13. The van der Waals surface area contributed by atoms with Gasteiger partial charge in [0.15, 0.2) is 0 Å². The zero-order valence-electron chi connectivity index (χ0n) is 9.76. The van der Waals surface area contributed by atoms with Crippen molar-refractivity contribution in [2.75, 3.05) is 13.2 Å². The fourth-order valence-electron chi connectivity index (χ4n) is 1.18. The van der Waals surface area contributed by atoms with E-state index in [2.05, 4.69) is 5.32 Å². The molecule has 0 aliphatic rings. The number of halogens is 2. The third-order valence-corrected chi connectivity index (χ3v) is 2.35. The number of rotatable bonds is 4. The molecule has 0 aliphatic heterocycles. The van der Waals surface area contributed by atoms with Gasteiger partial charge in [0, 0.05) is 18.6 Å². The molecule has 0 heterocycles. The van der Waals surface area contributed by atoms with Gasteiger partial charge in [0.05, 0.1) is 0 Å². The molecule has 0 bridgehead atoms. The van der Waals surface area contributed by atoms with E-state index in [1.165, 1.54) is 6.07 Å². The maximum Gasteiger partial charge on any atom is 0.257 e. The normalized spacial score (nSPS) is 11.4. The summed E-state index contributed by atoms with van der Waals surface area (Å²) < 4.78 is 26.5. The number of hydrogen-bond acceptors (Lipinski definition) is 2.